The largest absolute Gasteiger partial charge is 0.271 e. The van der Waals surface area contributed by atoms with Gasteiger partial charge in [0, 0.05) is 13.5 Å². The van der Waals surface area contributed by atoms with E-state index in [9.17, 15) is 4.39 Å². The van der Waals surface area contributed by atoms with Crippen molar-refractivity contribution < 1.29 is 4.39 Å². The van der Waals surface area contributed by atoms with Crippen molar-refractivity contribution in [2.75, 3.05) is 0 Å². The molecule has 21 heavy (non-hydrogen) atoms. The Kier molecular flexibility index (Phi) is 5.13. The number of hydrazine groups is 1. The average molecular weight is 355 g/mol. The highest BCUT2D eigenvalue weighted by Crippen LogP contribution is 2.28. The van der Waals surface area contributed by atoms with Gasteiger partial charge in [-0.2, -0.15) is 5.10 Å². The maximum atomic E-state index is 13.2. The molecule has 0 saturated carbocycles. The van der Waals surface area contributed by atoms with Crippen LogP contribution in [-0.2, 0) is 19.9 Å². The summed E-state index contributed by atoms with van der Waals surface area (Å²) in [5, 5.41) is 4.49. The molecule has 1 unspecified atom stereocenters. The summed E-state index contributed by atoms with van der Waals surface area (Å²) < 4.78 is 16.1. The maximum absolute atomic E-state index is 13.2. The first kappa shape index (κ1) is 16.1. The molecule has 0 amide bonds. The van der Waals surface area contributed by atoms with Crippen molar-refractivity contribution in [3.8, 4) is 0 Å². The Hall–Kier alpha value is -1.24. The Labute approximate surface area is 132 Å². The predicted molar refractivity (Wildman–Crippen MR) is 85.2 cm³/mol. The minimum Gasteiger partial charge on any atom is -0.271 e. The third kappa shape index (κ3) is 3.33. The Bertz CT molecular complexity index is 639. The van der Waals surface area contributed by atoms with Crippen LogP contribution < -0.4 is 11.3 Å². The highest BCUT2D eigenvalue weighted by Gasteiger charge is 2.19. The molecule has 3 N–H and O–H groups in total. The molecular formula is C15H20BrFN4. The highest BCUT2D eigenvalue weighted by atomic mass is 79.9. The molecule has 2 aromatic rings. The lowest BCUT2D eigenvalue weighted by molar-refractivity contribution is 0.525. The molecule has 1 aromatic heterocycles. The van der Waals surface area contributed by atoms with Crippen molar-refractivity contribution in [2.45, 2.75) is 32.7 Å². The van der Waals surface area contributed by atoms with Gasteiger partial charge in [0.15, 0.2) is 0 Å². The van der Waals surface area contributed by atoms with Gasteiger partial charge in [-0.3, -0.25) is 16.0 Å². The van der Waals surface area contributed by atoms with Crippen molar-refractivity contribution in [3.05, 3.63) is 51.0 Å². The molecular weight excluding hydrogens is 335 g/mol. The van der Waals surface area contributed by atoms with Crippen LogP contribution in [0.1, 0.15) is 35.5 Å². The first-order valence-corrected chi connectivity index (χ1v) is 7.69. The fourth-order valence-corrected chi connectivity index (χ4v) is 3.30. The van der Waals surface area contributed by atoms with E-state index in [2.05, 4.69) is 33.4 Å². The molecule has 1 atom stereocenters. The molecule has 0 fully saturated rings. The second-order valence-corrected chi connectivity index (χ2v) is 5.90. The average Bonchev–Trinajstić information content (AvgIpc) is 2.72. The number of nitrogens with zero attached hydrogens (tertiary/aromatic N) is 2. The summed E-state index contributed by atoms with van der Waals surface area (Å²) in [5.74, 6) is 5.48. The van der Waals surface area contributed by atoms with E-state index < -0.39 is 0 Å². The molecule has 6 heteroatoms. The predicted octanol–water partition coefficient (Wildman–Crippen LogP) is 2.94. The van der Waals surface area contributed by atoms with Gasteiger partial charge in [-0.25, -0.2) is 4.39 Å². The minimum absolute atomic E-state index is 0.0954. The number of nitrogens with one attached hydrogen (secondary N) is 1. The molecule has 0 spiro atoms. The zero-order chi connectivity index (χ0) is 15.6. The van der Waals surface area contributed by atoms with Crippen molar-refractivity contribution in [1.29, 1.82) is 0 Å². The standard InChI is InChI=1S/C15H20BrFN4/c1-4-12-15(16)14(21(3)20-12)8-13(19-18)11-6-5-10(17)7-9(11)2/h5-7,13,19H,4,8,18H2,1-3H3. The summed E-state index contributed by atoms with van der Waals surface area (Å²) in [7, 11) is 1.92. The number of aromatic nitrogens is 2. The molecule has 1 aromatic carbocycles. The second-order valence-electron chi connectivity index (χ2n) is 5.11. The van der Waals surface area contributed by atoms with E-state index in [0.29, 0.717) is 6.42 Å². The van der Waals surface area contributed by atoms with E-state index in [1.807, 2.05) is 18.7 Å². The van der Waals surface area contributed by atoms with Crippen LogP contribution in [0.2, 0.25) is 0 Å². The lowest BCUT2D eigenvalue weighted by atomic mass is 9.97. The van der Waals surface area contributed by atoms with Gasteiger partial charge in [0.1, 0.15) is 5.82 Å². The zero-order valence-electron chi connectivity index (χ0n) is 12.5. The molecule has 0 radical (unpaired) electrons. The third-order valence-corrected chi connectivity index (χ3v) is 4.62. The van der Waals surface area contributed by atoms with Crippen molar-refractivity contribution in [1.82, 2.24) is 15.2 Å². The Balaban J connectivity index is 2.33. The van der Waals surface area contributed by atoms with Gasteiger partial charge in [-0.15, -0.1) is 0 Å². The quantitative estimate of drug-likeness (QED) is 0.641. The summed E-state index contributed by atoms with van der Waals surface area (Å²) in [6, 6.07) is 4.67. The van der Waals surface area contributed by atoms with Gasteiger partial charge < -0.3 is 0 Å². The van der Waals surface area contributed by atoms with Gasteiger partial charge in [-0.05, 0) is 52.5 Å². The van der Waals surface area contributed by atoms with Crippen LogP contribution in [0.15, 0.2) is 22.7 Å². The topological polar surface area (TPSA) is 55.9 Å². The fraction of sp³-hybridized carbons (Fsp3) is 0.400. The Morgan fingerprint density at radius 2 is 2.19 bits per heavy atom. The molecule has 1 heterocycles. The summed E-state index contributed by atoms with van der Waals surface area (Å²) in [6.45, 7) is 3.96. The van der Waals surface area contributed by atoms with Crippen LogP contribution in [0, 0.1) is 12.7 Å². The van der Waals surface area contributed by atoms with E-state index in [4.69, 9.17) is 5.84 Å². The maximum Gasteiger partial charge on any atom is 0.123 e. The van der Waals surface area contributed by atoms with Crippen molar-refractivity contribution >= 4 is 15.9 Å². The molecule has 0 bridgehead atoms. The van der Waals surface area contributed by atoms with Crippen LogP contribution in [0.3, 0.4) is 0 Å². The van der Waals surface area contributed by atoms with Crippen LogP contribution >= 0.6 is 15.9 Å². The monoisotopic (exact) mass is 354 g/mol. The molecule has 0 saturated heterocycles. The summed E-state index contributed by atoms with van der Waals surface area (Å²) in [4.78, 5) is 0. The molecule has 0 aliphatic heterocycles. The number of aryl methyl sites for hydroxylation is 3. The SMILES string of the molecule is CCc1nn(C)c(CC(NN)c2ccc(F)cc2C)c1Br. The number of halogens is 2. The Morgan fingerprint density at radius 1 is 1.48 bits per heavy atom. The van der Waals surface area contributed by atoms with E-state index >= 15 is 0 Å². The van der Waals surface area contributed by atoms with Gasteiger partial charge in [0.05, 0.1) is 21.9 Å². The van der Waals surface area contributed by atoms with Gasteiger partial charge >= 0.3 is 0 Å². The number of rotatable bonds is 5. The van der Waals surface area contributed by atoms with E-state index in [1.165, 1.54) is 12.1 Å². The van der Waals surface area contributed by atoms with Gasteiger partial charge in [-0.1, -0.05) is 13.0 Å². The van der Waals surface area contributed by atoms with E-state index in [-0.39, 0.29) is 11.9 Å². The highest BCUT2D eigenvalue weighted by molar-refractivity contribution is 9.10. The summed E-state index contributed by atoms with van der Waals surface area (Å²) in [5.41, 5.74) is 6.79. The molecule has 2 rings (SSSR count). The normalized spacial score (nSPS) is 12.7. The second kappa shape index (κ2) is 6.68. The van der Waals surface area contributed by atoms with Gasteiger partial charge in [0.25, 0.3) is 0 Å². The molecule has 0 aliphatic rings. The number of benzene rings is 1. The Morgan fingerprint density at radius 3 is 2.71 bits per heavy atom. The third-order valence-electron chi connectivity index (χ3n) is 3.71. The molecule has 4 nitrogen and oxygen atoms in total. The first-order chi connectivity index (χ1) is 9.97. The van der Waals surface area contributed by atoms with Crippen LogP contribution in [0.4, 0.5) is 4.39 Å². The minimum atomic E-state index is -0.234. The first-order valence-electron chi connectivity index (χ1n) is 6.90. The molecule has 0 aliphatic carbocycles. The van der Waals surface area contributed by atoms with E-state index in [1.54, 1.807) is 6.07 Å². The van der Waals surface area contributed by atoms with Crippen LogP contribution in [0.25, 0.3) is 0 Å². The number of nitrogens with two attached hydrogens (primary N) is 1. The lowest BCUT2D eigenvalue weighted by Gasteiger charge is -2.19. The zero-order valence-corrected chi connectivity index (χ0v) is 14.0. The van der Waals surface area contributed by atoms with Crippen molar-refractivity contribution in [3.63, 3.8) is 0 Å². The molecule has 114 valence electrons. The van der Waals surface area contributed by atoms with E-state index in [0.717, 1.165) is 33.4 Å². The summed E-state index contributed by atoms with van der Waals surface area (Å²) in [6.07, 6.45) is 1.54. The van der Waals surface area contributed by atoms with Crippen LogP contribution in [-0.4, -0.2) is 9.78 Å². The van der Waals surface area contributed by atoms with Gasteiger partial charge in [0.2, 0.25) is 0 Å². The van der Waals surface area contributed by atoms with Crippen LogP contribution in [0.5, 0.6) is 0 Å². The number of hydrogen-bond donors (Lipinski definition) is 2. The number of hydrogen-bond acceptors (Lipinski definition) is 3. The van der Waals surface area contributed by atoms with Crippen molar-refractivity contribution in [2.24, 2.45) is 12.9 Å². The smallest absolute Gasteiger partial charge is 0.123 e. The fourth-order valence-electron chi connectivity index (χ4n) is 2.52. The lowest BCUT2D eigenvalue weighted by Crippen LogP contribution is -2.30. The summed E-state index contributed by atoms with van der Waals surface area (Å²) >= 11 is 3.61.